The number of nitrogens with zero attached hydrogens (tertiary/aromatic N) is 2. The van der Waals surface area contributed by atoms with Gasteiger partial charge in [-0.2, -0.15) is 0 Å². The predicted molar refractivity (Wildman–Crippen MR) is 239 cm³/mol. The zero-order valence-electron chi connectivity index (χ0n) is 31.1. The summed E-state index contributed by atoms with van der Waals surface area (Å²) >= 11 is 0. The molecule has 10 aromatic rings. The van der Waals surface area contributed by atoms with E-state index in [-0.39, 0.29) is 0 Å². The van der Waals surface area contributed by atoms with Gasteiger partial charge in [-0.15, -0.1) is 0 Å². The quantitative estimate of drug-likeness (QED) is 0.152. The monoisotopic (exact) mass is 728 g/mol. The van der Waals surface area contributed by atoms with Crippen molar-refractivity contribution in [3.05, 3.63) is 218 Å². The van der Waals surface area contributed by atoms with Crippen LogP contribution in [0.1, 0.15) is 0 Å². The molecule has 1 aliphatic heterocycles. The molecule has 0 spiro atoms. The third kappa shape index (κ3) is 5.43. The van der Waals surface area contributed by atoms with Crippen molar-refractivity contribution in [3.8, 4) is 33.8 Å². The molecule has 1 heterocycles. The summed E-state index contributed by atoms with van der Waals surface area (Å²) in [6.45, 7) is 0. The molecule has 0 aromatic heterocycles. The van der Waals surface area contributed by atoms with Crippen LogP contribution in [0, 0.1) is 0 Å². The number of benzene rings is 10. The molecule has 10 aromatic carbocycles. The van der Waals surface area contributed by atoms with E-state index in [1.54, 1.807) is 0 Å². The Morgan fingerprint density at radius 3 is 1.35 bits per heavy atom. The van der Waals surface area contributed by atoms with Crippen LogP contribution in [0.2, 0.25) is 0 Å². The second kappa shape index (κ2) is 13.6. The van der Waals surface area contributed by atoms with Gasteiger partial charge in [0.25, 0.3) is 0 Å². The Morgan fingerprint density at radius 1 is 0.351 bits per heavy atom. The van der Waals surface area contributed by atoms with Crippen LogP contribution in [0.25, 0.3) is 54.6 Å². The highest BCUT2D eigenvalue weighted by atomic mass is 16.5. The maximum atomic E-state index is 7.22. The maximum Gasteiger partial charge on any atom is 0.159 e. The first kappa shape index (κ1) is 32.8. The molecule has 0 saturated carbocycles. The molecular formula is C54H36N2O. The highest BCUT2D eigenvalue weighted by molar-refractivity contribution is 6.23. The molecule has 0 radical (unpaired) electrons. The first-order chi connectivity index (χ1) is 28.3. The van der Waals surface area contributed by atoms with Crippen LogP contribution in [-0.4, -0.2) is 0 Å². The van der Waals surface area contributed by atoms with E-state index in [0.29, 0.717) is 0 Å². The van der Waals surface area contributed by atoms with E-state index < -0.39 is 0 Å². The number of rotatable bonds is 7. The lowest BCUT2D eigenvalue weighted by Crippen LogP contribution is -2.12. The van der Waals surface area contributed by atoms with Gasteiger partial charge in [-0.1, -0.05) is 152 Å². The third-order valence-electron chi connectivity index (χ3n) is 11.2. The second-order valence-corrected chi connectivity index (χ2v) is 14.5. The first-order valence-corrected chi connectivity index (χ1v) is 19.4. The Hall–Kier alpha value is -7.62. The van der Waals surface area contributed by atoms with Gasteiger partial charge in [-0.3, -0.25) is 0 Å². The number of para-hydroxylation sites is 5. The molecule has 268 valence electrons. The standard InChI is InChI=1S/C54H36N2O/c1-5-20-39(21-6-1)55(40-22-7-2-8-23-40)49-34-18-33-48-45-32-17-19-37-35-38(36-50(52(37)45)57-54(48)49)51-43-28-13-15-30-46(43)53(47-31-16-14-29-44(47)51)56(41-24-9-3-10-25-41)42-26-11-4-12-27-42/h1-36H. The zero-order valence-corrected chi connectivity index (χ0v) is 31.1. The van der Waals surface area contributed by atoms with Gasteiger partial charge >= 0.3 is 0 Å². The Morgan fingerprint density at radius 2 is 0.807 bits per heavy atom. The topological polar surface area (TPSA) is 15.7 Å². The lowest BCUT2D eigenvalue weighted by molar-refractivity contribution is 0.488. The van der Waals surface area contributed by atoms with Crippen molar-refractivity contribution in [3.63, 3.8) is 0 Å². The molecule has 3 nitrogen and oxygen atoms in total. The normalized spacial score (nSPS) is 11.6. The molecule has 0 saturated heterocycles. The van der Waals surface area contributed by atoms with Crippen molar-refractivity contribution in [1.82, 2.24) is 0 Å². The largest absolute Gasteiger partial charge is 0.454 e. The van der Waals surface area contributed by atoms with E-state index in [2.05, 4.69) is 228 Å². The summed E-state index contributed by atoms with van der Waals surface area (Å²) in [5.74, 6) is 1.69. The number of anilines is 6. The van der Waals surface area contributed by atoms with E-state index in [1.807, 2.05) is 0 Å². The van der Waals surface area contributed by atoms with Crippen LogP contribution in [0.3, 0.4) is 0 Å². The number of hydrogen-bond donors (Lipinski definition) is 0. The van der Waals surface area contributed by atoms with Crippen LogP contribution in [0.15, 0.2) is 218 Å². The summed E-state index contributed by atoms with van der Waals surface area (Å²) in [4.78, 5) is 4.69. The Bertz CT molecular complexity index is 2950. The van der Waals surface area contributed by atoms with Crippen molar-refractivity contribution in [2.45, 2.75) is 0 Å². The Kier molecular flexibility index (Phi) is 7.82. The Balaban J connectivity index is 1.15. The fraction of sp³-hybridized carbons (Fsp3) is 0. The molecule has 0 amide bonds. The van der Waals surface area contributed by atoms with Gasteiger partial charge in [-0.05, 0) is 99.6 Å². The van der Waals surface area contributed by atoms with Gasteiger partial charge in [0, 0.05) is 44.5 Å². The summed E-state index contributed by atoms with van der Waals surface area (Å²) in [6.07, 6.45) is 0. The molecule has 0 fully saturated rings. The van der Waals surface area contributed by atoms with Crippen LogP contribution in [0.4, 0.5) is 34.1 Å². The number of hydrogen-bond acceptors (Lipinski definition) is 3. The fourth-order valence-corrected chi connectivity index (χ4v) is 8.77. The molecular weight excluding hydrogens is 693 g/mol. The van der Waals surface area contributed by atoms with Gasteiger partial charge in [0.15, 0.2) is 5.75 Å². The summed E-state index contributed by atoms with van der Waals surface area (Å²) < 4.78 is 7.22. The predicted octanol–water partition coefficient (Wildman–Crippen LogP) is 15.5. The van der Waals surface area contributed by atoms with Crippen molar-refractivity contribution >= 4 is 66.4 Å². The molecule has 0 unspecified atom stereocenters. The summed E-state index contributed by atoms with van der Waals surface area (Å²) in [5.41, 5.74) is 11.0. The third-order valence-corrected chi connectivity index (χ3v) is 11.2. The average molecular weight is 729 g/mol. The zero-order chi connectivity index (χ0) is 37.7. The SMILES string of the molecule is c1ccc(N(c2ccccc2)c2cccc3c2Oc2cc(-c4c5ccccc5c(N(c5ccccc5)c5ccccc5)c5ccccc45)cc4cccc-3c24)cc1. The highest BCUT2D eigenvalue weighted by Crippen LogP contribution is 2.55. The van der Waals surface area contributed by atoms with Crippen molar-refractivity contribution in [2.24, 2.45) is 0 Å². The second-order valence-electron chi connectivity index (χ2n) is 14.5. The smallest absolute Gasteiger partial charge is 0.159 e. The first-order valence-electron chi connectivity index (χ1n) is 19.4. The van der Waals surface area contributed by atoms with Crippen molar-refractivity contribution in [2.75, 3.05) is 9.80 Å². The fourth-order valence-electron chi connectivity index (χ4n) is 8.77. The molecule has 0 atom stereocenters. The number of ether oxygens (including phenoxy) is 1. The summed E-state index contributed by atoms with van der Waals surface area (Å²) in [6, 6.07) is 77.9. The van der Waals surface area contributed by atoms with Crippen LogP contribution < -0.4 is 14.5 Å². The van der Waals surface area contributed by atoms with Crippen LogP contribution in [0.5, 0.6) is 11.5 Å². The highest BCUT2D eigenvalue weighted by Gasteiger charge is 2.28. The van der Waals surface area contributed by atoms with Gasteiger partial charge in [0.05, 0.1) is 11.4 Å². The maximum absolute atomic E-state index is 7.22. The van der Waals surface area contributed by atoms with Gasteiger partial charge < -0.3 is 14.5 Å². The lowest BCUT2D eigenvalue weighted by atomic mass is 9.87. The minimum Gasteiger partial charge on any atom is -0.454 e. The van der Waals surface area contributed by atoms with E-state index in [1.165, 1.54) is 32.7 Å². The summed E-state index contributed by atoms with van der Waals surface area (Å²) in [7, 11) is 0. The van der Waals surface area contributed by atoms with E-state index >= 15 is 0 Å². The molecule has 11 rings (SSSR count). The van der Waals surface area contributed by atoms with Crippen LogP contribution in [-0.2, 0) is 0 Å². The van der Waals surface area contributed by atoms with E-state index in [9.17, 15) is 0 Å². The molecule has 0 bridgehead atoms. The number of fused-ring (bicyclic) bond motifs is 4. The molecule has 3 heteroatoms. The molecule has 0 N–H and O–H groups in total. The minimum absolute atomic E-state index is 0.841. The van der Waals surface area contributed by atoms with Crippen LogP contribution >= 0.6 is 0 Å². The van der Waals surface area contributed by atoms with Gasteiger partial charge in [0.1, 0.15) is 5.75 Å². The average Bonchev–Trinajstić information content (AvgIpc) is 3.28. The van der Waals surface area contributed by atoms with Crippen molar-refractivity contribution < 1.29 is 4.74 Å². The van der Waals surface area contributed by atoms with Gasteiger partial charge in [0.2, 0.25) is 0 Å². The molecule has 0 aliphatic carbocycles. The van der Waals surface area contributed by atoms with Crippen molar-refractivity contribution in [1.29, 1.82) is 0 Å². The van der Waals surface area contributed by atoms with E-state index in [0.717, 1.165) is 67.5 Å². The summed E-state index contributed by atoms with van der Waals surface area (Å²) in [5, 5.41) is 6.99. The van der Waals surface area contributed by atoms with Gasteiger partial charge in [-0.25, -0.2) is 0 Å². The Labute approximate surface area is 331 Å². The van der Waals surface area contributed by atoms with E-state index in [4.69, 9.17) is 4.74 Å². The lowest BCUT2D eigenvalue weighted by Gasteiger charge is -2.31. The molecule has 1 aliphatic rings. The molecule has 57 heavy (non-hydrogen) atoms. The minimum atomic E-state index is 0.841.